The van der Waals surface area contributed by atoms with Crippen molar-refractivity contribution in [3.8, 4) is 5.88 Å². The second kappa shape index (κ2) is 11.8. The molecule has 0 radical (unpaired) electrons. The lowest BCUT2D eigenvalue weighted by Gasteiger charge is -2.37. The van der Waals surface area contributed by atoms with Gasteiger partial charge in [0.2, 0.25) is 11.8 Å². The topological polar surface area (TPSA) is 120 Å². The highest BCUT2D eigenvalue weighted by Crippen LogP contribution is 2.44. The van der Waals surface area contributed by atoms with E-state index in [2.05, 4.69) is 25.2 Å². The van der Waals surface area contributed by atoms with Gasteiger partial charge in [-0.15, -0.1) is 0 Å². The average molecular weight is 640 g/mol. The van der Waals surface area contributed by atoms with Crippen LogP contribution in [0.25, 0.3) is 22.6 Å². The first kappa shape index (κ1) is 30.8. The van der Waals surface area contributed by atoms with Crippen molar-refractivity contribution in [1.29, 1.82) is 0 Å². The molecular weight excluding hydrogens is 616 g/mol. The van der Waals surface area contributed by atoms with E-state index in [1.807, 2.05) is 0 Å². The van der Waals surface area contributed by atoms with Crippen LogP contribution in [0.15, 0.2) is 42.6 Å². The van der Waals surface area contributed by atoms with E-state index in [4.69, 9.17) is 0 Å². The molecule has 1 fully saturated rings. The number of carbonyl (C=O) groups excluding carboxylic acids is 2. The highest BCUT2D eigenvalue weighted by molar-refractivity contribution is 7.17. The molecule has 16 heteroatoms. The molecule has 44 heavy (non-hydrogen) atoms. The average Bonchev–Trinajstić information content (AvgIpc) is 3.55. The second-order valence-corrected chi connectivity index (χ2v) is 10.9. The minimum absolute atomic E-state index is 0.0110. The molecule has 0 unspecified atom stereocenters. The van der Waals surface area contributed by atoms with Gasteiger partial charge in [-0.3, -0.25) is 14.7 Å². The first-order valence-electron chi connectivity index (χ1n) is 13.0. The molecule has 9 nitrogen and oxygen atoms in total. The number of hydrogen-bond acceptors (Lipinski definition) is 8. The van der Waals surface area contributed by atoms with Gasteiger partial charge in [0.1, 0.15) is 4.88 Å². The quantitative estimate of drug-likeness (QED) is 0.133. The number of methoxy groups -OCH3 is 1. The molecule has 5 rings (SSSR count). The van der Waals surface area contributed by atoms with E-state index < -0.39 is 46.8 Å². The van der Waals surface area contributed by atoms with Crippen molar-refractivity contribution < 1.29 is 45.8 Å². The van der Waals surface area contributed by atoms with E-state index in [0.717, 1.165) is 23.5 Å². The molecule has 3 heterocycles. The molecule has 0 atom stereocenters. The number of aromatic hydroxyl groups is 1. The number of aromatic nitrogens is 3. The van der Waals surface area contributed by atoms with E-state index in [1.54, 1.807) is 23.1 Å². The summed E-state index contributed by atoms with van der Waals surface area (Å²) in [5, 5.41) is 21.1. The SMILES string of the molecule is COC(=O)CCNC(=O)C1CN(c2nc(O)c(C(=Cc3ccc(C(F)(F)F)cc3C(F)(F)F)c3ccc4[nH]ncc4c3)s2)C1. The number of H-pyrrole nitrogens is 1. The largest absolute Gasteiger partial charge is 0.492 e. The molecular formula is C28H23F6N5O4S. The van der Waals surface area contributed by atoms with Crippen molar-refractivity contribution in [1.82, 2.24) is 20.5 Å². The fourth-order valence-corrected chi connectivity index (χ4v) is 5.61. The van der Waals surface area contributed by atoms with Crippen molar-refractivity contribution in [2.45, 2.75) is 18.8 Å². The van der Waals surface area contributed by atoms with Gasteiger partial charge in [0.05, 0.1) is 42.3 Å². The number of alkyl halides is 6. The van der Waals surface area contributed by atoms with Gasteiger partial charge in [0, 0.05) is 30.6 Å². The zero-order chi connectivity index (χ0) is 31.8. The second-order valence-electron chi connectivity index (χ2n) is 9.90. The normalized spacial score (nSPS) is 14.5. The number of benzene rings is 2. The predicted molar refractivity (Wildman–Crippen MR) is 149 cm³/mol. The summed E-state index contributed by atoms with van der Waals surface area (Å²) in [6.45, 7) is 0.560. The van der Waals surface area contributed by atoms with Crippen LogP contribution in [0, 0.1) is 5.92 Å². The van der Waals surface area contributed by atoms with Gasteiger partial charge in [0.25, 0.3) is 0 Å². The summed E-state index contributed by atoms with van der Waals surface area (Å²) < 4.78 is 86.3. The fourth-order valence-electron chi connectivity index (χ4n) is 4.60. The number of aromatic amines is 1. The molecule has 0 spiro atoms. The highest BCUT2D eigenvalue weighted by atomic mass is 32.1. The third-order valence-electron chi connectivity index (χ3n) is 6.96. The summed E-state index contributed by atoms with van der Waals surface area (Å²) in [4.78, 5) is 29.5. The number of anilines is 1. The Balaban J connectivity index is 1.49. The van der Waals surface area contributed by atoms with Crippen LogP contribution in [-0.2, 0) is 26.7 Å². The molecule has 4 aromatic rings. The summed E-state index contributed by atoms with van der Waals surface area (Å²) in [6.07, 6.45) is -7.54. The molecule has 3 N–H and O–H groups in total. The lowest BCUT2D eigenvalue weighted by molar-refractivity contribution is -0.143. The maximum absolute atomic E-state index is 14.0. The lowest BCUT2D eigenvalue weighted by atomic mass is 9.96. The Morgan fingerprint density at radius 3 is 2.57 bits per heavy atom. The molecule has 2 aromatic carbocycles. The van der Waals surface area contributed by atoms with Crippen LogP contribution in [0.5, 0.6) is 5.88 Å². The van der Waals surface area contributed by atoms with Gasteiger partial charge in [-0.25, -0.2) is 0 Å². The van der Waals surface area contributed by atoms with E-state index in [-0.39, 0.29) is 53.6 Å². The Kier molecular flexibility index (Phi) is 8.29. The number of rotatable bonds is 8. The molecule has 1 amide bonds. The Bertz CT molecular complexity index is 1740. The summed E-state index contributed by atoms with van der Waals surface area (Å²) in [5.41, 5.74) is -2.43. The number of halogens is 6. The minimum atomic E-state index is -5.11. The fraction of sp³-hybridized carbons (Fsp3) is 0.286. The first-order chi connectivity index (χ1) is 20.7. The Hall–Kier alpha value is -4.60. The Morgan fingerprint density at radius 1 is 1.14 bits per heavy atom. The van der Waals surface area contributed by atoms with Gasteiger partial charge in [-0.2, -0.15) is 36.4 Å². The number of esters is 1. The molecule has 232 valence electrons. The number of thiazole rings is 1. The van der Waals surface area contributed by atoms with Gasteiger partial charge in [-0.05, 0) is 41.5 Å². The van der Waals surface area contributed by atoms with Gasteiger partial charge >= 0.3 is 18.3 Å². The molecule has 1 saturated heterocycles. The van der Waals surface area contributed by atoms with E-state index in [1.165, 1.54) is 13.3 Å². The zero-order valence-corrected chi connectivity index (χ0v) is 23.5. The number of ether oxygens (including phenoxy) is 1. The standard InChI is InChI=1S/C28H23F6N5O4S/c1-43-22(40)6-7-35-24(41)17-12-39(13-17)26-37-25(42)23(44-26)19(14-3-5-21-16(8-14)11-36-38-21)9-15-2-4-18(27(29,30)31)10-20(15)28(32,33)34/h2-5,8-11,17,42H,6-7,12-13H2,1H3,(H,35,41)(H,36,38). The van der Waals surface area contributed by atoms with Gasteiger partial charge in [0.15, 0.2) is 5.13 Å². The lowest BCUT2D eigenvalue weighted by Crippen LogP contribution is -2.54. The number of nitrogens with one attached hydrogen (secondary N) is 2. The van der Waals surface area contributed by atoms with Gasteiger partial charge < -0.3 is 20.1 Å². The zero-order valence-electron chi connectivity index (χ0n) is 22.7. The number of nitrogens with zero attached hydrogens (tertiary/aromatic N) is 3. The van der Waals surface area contributed by atoms with Crippen molar-refractivity contribution in [3.63, 3.8) is 0 Å². The van der Waals surface area contributed by atoms with E-state index in [9.17, 15) is 41.0 Å². The minimum Gasteiger partial charge on any atom is -0.492 e. The molecule has 2 aromatic heterocycles. The van der Waals surface area contributed by atoms with Crippen LogP contribution < -0.4 is 10.2 Å². The maximum Gasteiger partial charge on any atom is 0.417 e. The third-order valence-corrected chi connectivity index (χ3v) is 8.10. The van der Waals surface area contributed by atoms with Crippen molar-refractivity contribution in [2.75, 3.05) is 31.6 Å². The number of amides is 1. The van der Waals surface area contributed by atoms with Crippen LogP contribution >= 0.6 is 11.3 Å². The number of carbonyl (C=O) groups is 2. The monoisotopic (exact) mass is 639 g/mol. The first-order valence-corrected chi connectivity index (χ1v) is 13.8. The van der Waals surface area contributed by atoms with E-state index in [0.29, 0.717) is 22.5 Å². The van der Waals surface area contributed by atoms with Crippen molar-refractivity contribution >= 4 is 50.9 Å². The van der Waals surface area contributed by atoms with Crippen LogP contribution in [0.3, 0.4) is 0 Å². The molecule has 0 aliphatic carbocycles. The third kappa shape index (κ3) is 6.49. The number of hydrogen-bond donors (Lipinski definition) is 3. The van der Waals surface area contributed by atoms with Crippen LogP contribution in [-0.4, -0.2) is 58.9 Å². The Labute approximate surface area is 249 Å². The molecule has 1 aliphatic heterocycles. The Morgan fingerprint density at radius 2 is 1.89 bits per heavy atom. The smallest absolute Gasteiger partial charge is 0.417 e. The predicted octanol–water partition coefficient (Wildman–Crippen LogP) is 5.47. The van der Waals surface area contributed by atoms with Crippen LogP contribution in [0.1, 0.15) is 33.6 Å². The molecule has 0 saturated carbocycles. The van der Waals surface area contributed by atoms with Gasteiger partial charge in [-0.1, -0.05) is 23.5 Å². The summed E-state index contributed by atoms with van der Waals surface area (Å²) in [5.74, 6) is -1.69. The molecule has 1 aliphatic rings. The number of fused-ring (bicyclic) bond motifs is 1. The van der Waals surface area contributed by atoms with E-state index >= 15 is 0 Å². The summed E-state index contributed by atoms with van der Waals surface area (Å²) in [6, 6.07) is 6.16. The highest BCUT2D eigenvalue weighted by Gasteiger charge is 2.38. The van der Waals surface area contributed by atoms with Crippen molar-refractivity contribution in [2.24, 2.45) is 5.92 Å². The molecule has 0 bridgehead atoms. The van der Waals surface area contributed by atoms with Crippen LogP contribution in [0.2, 0.25) is 0 Å². The maximum atomic E-state index is 14.0. The summed E-state index contributed by atoms with van der Waals surface area (Å²) >= 11 is 0.951. The van der Waals surface area contributed by atoms with Crippen molar-refractivity contribution in [3.05, 3.63) is 69.7 Å². The summed E-state index contributed by atoms with van der Waals surface area (Å²) in [7, 11) is 1.24. The van der Waals surface area contributed by atoms with Crippen LogP contribution in [0.4, 0.5) is 31.5 Å².